The van der Waals surface area contributed by atoms with Crippen LogP contribution in [0, 0.1) is 0 Å². The maximum atomic E-state index is 3.66. The molecule has 1 N–H and O–H groups in total. The first-order chi connectivity index (χ1) is 9.66. The Morgan fingerprint density at radius 3 is 2.20 bits per heavy atom. The van der Waals surface area contributed by atoms with Crippen LogP contribution in [0.3, 0.4) is 0 Å². The van der Waals surface area contributed by atoms with Gasteiger partial charge in [0.2, 0.25) is 0 Å². The van der Waals surface area contributed by atoms with Gasteiger partial charge in [-0.05, 0) is 31.5 Å². The fourth-order valence-corrected chi connectivity index (χ4v) is 2.94. The van der Waals surface area contributed by atoms with Gasteiger partial charge in [0.15, 0.2) is 0 Å². The smallest absolute Gasteiger partial charge is 0.0668 e. The SMILES string of the molecule is CC1(C)CN(c2ccccc2)C(c2ccccc2)CN1. The molecule has 0 radical (unpaired) electrons. The van der Waals surface area contributed by atoms with E-state index in [-0.39, 0.29) is 5.54 Å². The van der Waals surface area contributed by atoms with Gasteiger partial charge in [-0.3, -0.25) is 0 Å². The molecule has 104 valence electrons. The Morgan fingerprint density at radius 2 is 1.55 bits per heavy atom. The third-order valence-corrected chi connectivity index (χ3v) is 3.99. The number of hydrogen-bond acceptors (Lipinski definition) is 2. The number of piperazine rings is 1. The Hall–Kier alpha value is -1.80. The third kappa shape index (κ3) is 2.70. The van der Waals surface area contributed by atoms with Crippen LogP contribution in [0.25, 0.3) is 0 Å². The fraction of sp³-hybridized carbons (Fsp3) is 0.333. The van der Waals surface area contributed by atoms with Crippen LogP contribution in [0.2, 0.25) is 0 Å². The Morgan fingerprint density at radius 1 is 0.950 bits per heavy atom. The van der Waals surface area contributed by atoms with E-state index in [1.54, 1.807) is 0 Å². The third-order valence-electron chi connectivity index (χ3n) is 3.99. The number of benzene rings is 2. The summed E-state index contributed by atoms with van der Waals surface area (Å²) in [6, 6.07) is 21.9. The fourth-order valence-electron chi connectivity index (χ4n) is 2.94. The highest BCUT2D eigenvalue weighted by molar-refractivity contribution is 5.50. The normalized spacial score (nSPS) is 21.7. The maximum absolute atomic E-state index is 3.66. The zero-order valence-electron chi connectivity index (χ0n) is 12.2. The highest BCUT2D eigenvalue weighted by Crippen LogP contribution is 2.31. The Balaban J connectivity index is 1.96. The quantitative estimate of drug-likeness (QED) is 0.893. The lowest BCUT2D eigenvalue weighted by atomic mass is 9.94. The molecule has 1 saturated heterocycles. The lowest BCUT2D eigenvalue weighted by Gasteiger charge is -2.46. The van der Waals surface area contributed by atoms with Crippen molar-refractivity contribution in [3.63, 3.8) is 0 Å². The van der Waals surface area contributed by atoms with E-state index >= 15 is 0 Å². The summed E-state index contributed by atoms with van der Waals surface area (Å²) in [5, 5.41) is 3.66. The summed E-state index contributed by atoms with van der Waals surface area (Å²) >= 11 is 0. The molecule has 1 aliphatic heterocycles. The second-order valence-corrected chi connectivity index (χ2v) is 6.15. The van der Waals surface area contributed by atoms with Crippen LogP contribution in [-0.2, 0) is 0 Å². The molecule has 2 nitrogen and oxygen atoms in total. The topological polar surface area (TPSA) is 15.3 Å². The minimum absolute atomic E-state index is 0.140. The molecular formula is C18H22N2. The second kappa shape index (κ2) is 5.29. The molecule has 1 heterocycles. The van der Waals surface area contributed by atoms with E-state index in [1.807, 2.05) is 0 Å². The van der Waals surface area contributed by atoms with Crippen molar-refractivity contribution in [3.05, 3.63) is 66.2 Å². The zero-order valence-corrected chi connectivity index (χ0v) is 12.2. The minimum atomic E-state index is 0.140. The first-order valence-corrected chi connectivity index (χ1v) is 7.27. The first kappa shape index (κ1) is 13.2. The molecule has 0 aliphatic carbocycles. The van der Waals surface area contributed by atoms with Crippen LogP contribution < -0.4 is 10.2 Å². The van der Waals surface area contributed by atoms with Crippen molar-refractivity contribution in [2.45, 2.75) is 25.4 Å². The molecule has 0 aromatic heterocycles. The molecule has 0 spiro atoms. The molecule has 0 amide bonds. The van der Waals surface area contributed by atoms with E-state index < -0.39 is 0 Å². The summed E-state index contributed by atoms with van der Waals surface area (Å²) < 4.78 is 0. The summed E-state index contributed by atoms with van der Waals surface area (Å²) in [6.45, 7) is 6.52. The molecule has 0 saturated carbocycles. The summed E-state index contributed by atoms with van der Waals surface area (Å²) in [4.78, 5) is 2.52. The van der Waals surface area contributed by atoms with Crippen LogP contribution in [0.5, 0.6) is 0 Å². The van der Waals surface area contributed by atoms with Crippen molar-refractivity contribution >= 4 is 5.69 Å². The molecule has 1 unspecified atom stereocenters. The van der Waals surface area contributed by atoms with Gasteiger partial charge in [0.05, 0.1) is 6.04 Å². The van der Waals surface area contributed by atoms with Gasteiger partial charge in [-0.15, -0.1) is 0 Å². The van der Waals surface area contributed by atoms with E-state index in [0.717, 1.165) is 13.1 Å². The van der Waals surface area contributed by atoms with Crippen molar-refractivity contribution in [2.24, 2.45) is 0 Å². The average Bonchev–Trinajstić information content (AvgIpc) is 2.48. The number of rotatable bonds is 2. The molecule has 2 heteroatoms. The highest BCUT2D eigenvalue weighted by Gasteiger charge is 2.33. The van der Waals surface area contributed by atoms with Crippen molar-refractivity contribution in [1.82, 2.24) is 5.32 Å². The van der Waals surface area contributed by atoms with Crippen molar-refractivity contribution in [2.75, 3.05) is 18.0 Å². The summed E-state index contributed by atoms with van der Waals surface area (Å²) in [7, 11) is 0. The lowest BCUT2D eigenvalue weighted by molar-refractivity contribution is 0.312. The van der Waals surface area contributed by atoms with E-state index in [9.17, 15) is 0 Å². The van der Waals surface area contributed by atoms with Crippen molar-refractivity contribution in [1.29, 1.82) is 0 Å². The van der Waals surface area contributed by atoms with E-state index in [2.05, 4.69) is 84.7 Å². The standard InChI is InChI=1S/C18H22N2/c1-18(2)14-20(16-11-7-4-8-12-16)17(13-19-18)15-9-5-3-6-10-15/h3-12,17,19H,13-14H2,1-2H3. The monoisotopic (exact) mass is 266 g/mol. The largest absolute Gasteiger partial charge is 0.361 e. The molecule has 2 aromatic carbocycles. The molecule has 0 bridgehead atoms. The van der Waals surface area contributed by atoms with E-state index in [0.29, 0.717) is 6.04 Å². The minimum Gasteiger partial charge on any atom is -0.361 e. The average molecular weight is 266 g/mol. The van der Waals surface area contributed by atoms with Crippen molar-refractivity contribution in [3.8, 4) is 0 Å². The number of nitrogens with zero attached hydrogens (tertiary/aromatic N) is 1. The van der Waals surface area contributed by atoms with Crippen LogP contribution in [-0.4, -0.2) is 18.6 Å². The van der Waals surface area contributed by atoms with Gasteiger partial charge in [0.25, 0.3) is 0 Å². The van der Waals surface area contributed by atoms with Gasteiger partial charge >= 0.3 is 0 Å². The lowest BCUT2D eigenvalue weighted by Crippen LogP contribution is -2.58. The van der Waals surface area contributed by atoms with Crippen LogP contribution >= 0.6 is 0 Å². The van der Waals surface area contributed by atoms with Crippen LogP contribution in [0.4, 0.5) is 5.69 Å². The van der Waals surface area contributed by atoms with Crippen LogP contribution in [0.15, 0.2) is 60.7 Å². The number of para-hydroxylation sites is 1. The molecule has 20 heavy (non-hydrogen) atoms. The Kier molecular flexibility index (Phi) is 3.49. The van der Waals surface area contributed by atoms with E-state index in [4.69, 9.17) is 0 Å². The number of hydrogen-bond donors (Lipinski definition) is 1. The predicted octanol–water partition coefficient (Wildman–Crippen LogP) is 3.62. The van der Waals surface area contributed by atoms with E-state index in [1.165, 1.54) is 11.3 Å². The molecule has 2 aromatic rings. The van der Waals surface area contributed by atoms with Gasteiger partial charge in [-0.2, -0.15) is 0 Å². The first-order valence-electron chi connectivity index (χ1n) is 7.27. The highest BCUT2D eigenvalue weighted by atomic mass is 15.3. The Bertz CT molecular complexity index is 548. The van der Waals surface area contributed by atoms with Gasteiger partial charge in [0, 0.05) is 24.3 Å². The second-order valence-electron chi connectivity index (χ2n) is 6.15. The van der Waals surface area contributed by atoms with Gasteiger partial charge in [-0.1, -0.05) is 48.5 Å². The number of nitrogens with one attached hydrogen (secondary N) is 1. The van der Waals surface area contributed by atoms with Crippen LogP contribution in [0.1, 0.15) is 25.5 Å². The molecular weight excluding hydrogens is 244 g/mol. The molecule has 1 aliphatic rings. The maximum Gasteiger partial charge on any atom is 0.0668 e. The predicted molar refractivity (Wildman–Crippen MR) is 85.1 cm³/mol. The molecule has 1 atom stereocenters. The van der Waals surface area contributed by atoms with Gasteiger partial charge in [-0.25, -0.2) is 0 Å². The number of anilines is 1. The summed E-state index contributed by atoms with van der Waals surface area (Å²) in [5.41, 5.74) is 2.82. The van der Waals surface area contributed by atoms with Gasteiger partial charge in [0.1, 0.15) is 0 Å². The Labute approximate surface area is 121 Å². The zero-order chi connectivity index (χ0) is 14.0. The summed E-state index contributed by atoms with van der Waals surface area (Å²) in [6.07, 6.45) is 0. The molecule has 3 rings (SSSR count). The summed E-state index contributed by atoms with van der Waals surface area (Å²) in [5.74, 6) is 0. The van der Waals surface area contributed by atoms with Gasteiger partial charge < -0.3 is 10.2 Å². The molecule has 1 fully saturated rings. The van der Waals surface area contributed by atoms with Crippen molar-refractivity contribution < 1.29 is 0 Å².